The van der Waals surface area contributed by atoms with Crippen LogP contribution in [0, 0.1) is 5.92 Å². The van der Waals surface area contributed by atoms with Crippen LogP contribution in [0.3, 0.4) is 0 Å². The van der Waals surface area contributed by atoms with Crippen LogP contribution in [0.5, 0.6) is 0 Å². The van der Waals surface area contributed by atoms with E-state index in [1.807, 2.05) is 12.1 Å². The zero-order chi connectivity index (χ0) is 14.0. The van der Waals surface area contributed by atoms with Gasteiger partial charge < -0.3 is 9.73 Å². The van der Waals surface area contributed by atoms with Crippen molar-refractivity contribution >= 4 is 22.6 Å². The molecule has 0 amide bonds. The summed E-state index contributed by atoms with van der Waals surface area (Å²) in [5.41, 5.74) is 2.11. The van der Waals surface area contributed by atoms with E-state index in [9.17, 15) is 0 Å². The molecule has 0 aliphatic carbocycles. The molecule has 19 heavy (non-hydrogen) atoms. The molecule has 0 bridgehead atoms. The van der Waals surface area contributed by atoms with Crippen molar-refractivity contribution < 1.29 is 4.42 Å². The summed E-state index contributed by atoms with van der Waals surface area (Å²) < 4.78 is 5.99. The third kappa shape index (κ3) is 3.31. The van der Waals surface area contributed by atoms with Crippen LogP contribution in [-0.2, 0) is 13.0 Å². The molecule has 0 fully saturated rings. The second-order valence-corrected chi connectivity index (χ2v) is 6.16. The number of hydrogen-bond donors (Lipinski definition) is 1. The molecular formula is C16H22ClNO. The van der Waals surface area contributed by atoms with E-state index < -0.39 is 0 Å². The van der Waals surface area contributed by atoms with Crippen molar-refractivity contribution in [3.63, 3.8) is 0 Å². The largest absolute Gasteiger partial charge is 0.458 e. The fourth-order valence-electron chi connectivity index (χ4n) is 2.26. The Morgan fingerprint density at radius 3 is 2.58 bits per heavy atom. The van der Waals surface area contributed by atoms with Gasteiger partial charge in [-0.25, -0.2) is 0 Å². The molecule has 0 spiro atoms. The third-order valence-corrected chi connectivity index (χ3v) is 3.43. The SMILES string of the molecule is CC(C)Cc1c(CNC(C)C)oc2c(Cl)cccc12. The summed E-state index contributed by atoms with van der Waals surface area (Å²) in [5, 5.41) is 5.27. The monoisotopic (exact) mass is 279 g/mol. The van der Waals surface area contributed by atoms with Gasteiger partial charge in [0.05, 0.1) is 11.6 Å². The highest BCUT2D eigenvalue weighted by Crippen LogP contribution is 2.32. The van der Waals surface area contributed by atoms with Crippen molar-refractivity contribution in [2.75, 3.05) is 0 Å². The molecule has 0 saturated carbocycles. The van der Waals surface area contributed by atoms with Gasteiger partial charge in [0.1, 0.15) is 5.76 Å². The fraction of sp³-hybridized carbons (Fsp3) is 0.500. The first-order valence-electron chi connectivity index (χ1n) is 6.91. The number of para-hydroxylation sites is 1. The summed E-state index contributed by atoms with van der Waals surface area (Å²) >= 11 is 6.23. The van der Waals surface area contributed by atoms with E-state index in [-0.39, 0.29) is 0 Å². The molecule has 2 rings (SSSR count). The molecule has 0 saturated heterocycles. The van der Waals surface area contributed by atoms with E-state index in [0.29, 0.717) is 17.0 Å². The lowest BCUT2D eigenvalue weighted by Gasteiger charge is -2.09. The highest BCUT2D eigenvalue weighted by atomic mass is 35.5. The Morgan fingerprint density at radius 2 is 1.95 bits per heavy atom. The number of hydrogen-bond acceptors (Lipinski definition) is 2. The van der Waals surface area contributed by atoms with E-state index in [1.165, 1.54) is 5.56 Å². The molecule has 0 aliphatic heterocycles. The molecule has 1 heterocycles. The minimum absolute atomic E-state index is 0.440. The lowest BCUT2D eigenvalue weighted by Crippen LogP contribution is -2.22. The van der Waals surface area contributed by atoms with Gasteiger partial charge in [0, 0.05) is 17.0 Å². The van der Waals surface area contributed by atoms with Gasteiger partial charge in [-0.15, -0.1) is 0 Å². The number of benzene rings is 1. The molecule has 2 nitrogen and oxygen atoms in total. The standard InChI is InChI=1S/C16H22ClNO/c1-10(2)8-13-12-6-5-7-14(17)16(12)19-15(13)9-18-11(3)4/h5-7,10-11,18H,8-9H2,1-4H3. The highest BCUT2D eigenvalue weighted by molar-refractivity contribution is 6.34. The highest BCUT2D eigenvalue weighted by Gasteiger charge is 2.16. The van der Waals surface area contributed by atoms with Crippen molar-refractivity contribution in [2.24, 2.45) is 5.92 Å². The molecule has 1 N–H and O–H groups in total. The maximum absolute atomic E-state index is 6.23. The van der Waals surface area contributed by atoms with Gasteiger partial charge in [-0.2, -0.15) is 0 Å². The van der Waals surface area contributed by atoms with Gasteiger partial charge >= 0.3 is 0 Å². The summed E-state index contributed by atoms with van der Waals surface area (Å²) in [5.74, 6) is 1.61. The first kappa shape index (κ1) is 14.4. The van der Waals surface area contributed by atoms with E-state index in [2.05, 4.69) is 39.1 Å². The Labute approximate surface area is 120 Å². The maximum atomic E-state index is 6.23. The molecule has 0 aliphatic rings. The molecule has 1 aromatic heterocycles. The van der Waals surface area contributed by atoms with E-state index >= 15 is 0 Å². The lowest BCUT2D eigenvalue weighted by atomic mass is 10.00. The molecule has 0 atom stereocenters. The van der Waals surface area contributed by atoms with Crippen molar-refractivity contribution in [2.45, 2.75) is 46.7 Å². The summed E-state index contributed by atoms with van der Waals surface area (Å²) in [7, 11) is 0. The number of rotatable bonds is 5. The first-order valence-corrected chi connectivity index (χ1v) is 7.29. The minimum Gasteiger partial charge on any atom is -0.458 e. The molecule has 3 heteroatoms. The number of halogens is 1. The molecule has 0 radical (unpaired) electrons. The average molecular weight is 280 g/mol. The van der Waals surface area contributed by atoms with Crippen molar-refractivity contribution in [1.29, 1.82) is 0 Å². The Hall–Kier alpha value is -0.990. The molecule has 1 aromatic carbocycles. The van der Waals surface area contributed by atoms with Gasteiger partial charge in [-0.1, -0.05) is 51.4 Å². The number of furan rings is 1. The van der Waals surface area contributed by atoms with Crippen LogP contribution in [0.2, 0.25) is 5.02 Å². The van der Waals surface area contributed by atoms with Crippen LogP contribution in [0.15, 0.2) is 22.6 Å². The quantitative estimate of drug-likeness (QED) is 0.852. The number of fused-ring (bicyclic) bond motifs is 1. The van der Waals surface area contributed by atoms with Crippen LogP contribution in [-0.4, -0.2) is 6.04 Å². The Kier molecular flexibility index (Phi) is 4.54. The molecule has 2 aromatic rings. The molecular weight excluding hydrogens is 258 g/mol. The second kappa shape index (κ2) is 5.98. The Balaban J connectivity index is 2.45. The Morgan fingerprint density at radius 1 is 1.21 bits per heavy atom. The predicted molar refractivity (Wildman–Crippen MR) is 81.7 cm³/mol. The topological polar surface area (TPSA) is 25.2 Å². The zero-order valence-corrected chi connectivity index (χ0v) is 12.8. The van der Waals surface area contributed by atoms with E-state index in [0.717, 1.165) is 29.7 Å². The third-order valence-electron chi connectivity index (χ3n) is 3.14. The average Bonchev–Trinajstić information content (AvgIpc) is 2.66. The van der Waals surface area contributed by atoms with Crippen molar-refractivity contribution in [3.8, 4) is 0 Å². The van der Waals surface area contributed by atoms with E-state index in [1.54, 1.807) is 0 Å². The summed E-state index contributed by atoms with van der Waals surface area (Å²) in [6, 6.07) is 6.41. The van der Waals surface area contributed by atoms with Crippen LogP contribution in [0.25, 0.3) is 11.0 Å². The summed E-state index contributed by atoms with van der Waals surface area (Å²) in [4.78, 5) is 0. The van der Waals surface area contributed by atoms with Gasteiger partial charge in [0.15, 0.2) is 5.58 Å². The van der Waals surface area contributed by atoms with Crippen LogP contribution < -0.4 is 5.32 Å². The van der Waals surface area contributed by atoms with Gasteiger partial charge in [0.2, 0.25) is 0 Å². The van der Waals surface area contributed by atoms with E-state index in [4.69, 9.17) is 16.0 Å². The molecule has 104 valence electrons. The first-order chi connectivity index (χ1) is 8.99. The molecule has 0 unspecified atom stereocenters. The lowest BCUT2D eigenvalue weighted by molar-refractivity contribution is 0.478. The van der Waals surface area contributed by atoms with Crippen LogP contribution >= 0.6 is 11.6 Å². The Bertz CT molecular complexity index is 557. The maximum Gasteiger partial charge on any atom is 0.153 e. The van der Waals surface area contributed by atoms with Crippen molar-refractivity contribution in [3.05, 3.63) is 34.5 Å². The zero-order valence-electron chi connectivity index (χ0n) is 12.1. The number of nitrogens with one attached hydrogen (secondary N) is 1. The fourth-order valence-corrected chi connectivity index (χ4v) is 2.47. The second-order valence-electron chi connectivity index (χ2n) is 5.75. The van der Waals surface area contributed by atoms with Gasteiger partial charge in [0.25, 0.3) is 0 Å². The van der Waals surface area contributed by atoms with Crippen LogP contribution in [0.4, 0.5) is 0 Å². The van der Waals surface area contributed by atoms with Crippen molar-refractivity contribution in [1.82, 2.24) is 5.32 Å². The summed E-state index contributed by atoms with van der Waals surface area (Å²) in [6.07, 6.45) is 1.02. The minimum atomic E-state index is 0.440. The van der Waals surface area contributed by atoms with Gasteiger partial charge in [-0.05, 0) is 18.4 Å². The van der Waals surface area contributed by atoms with Crippen LogP contribution in [0.1, 0.15) is 39.0 Å². The predicted octanol–water partition coefficient (Wildman–Crippen LogP) is 4.78. The summed E-state index contributed by atoms with van der Waals surface area (Å²) in [6.45, 7) is 9.48. The van der Waals surface area contributed by atoms with Gasteiger partial charge in [-0.3, -0.25) is 0 Å². The normalized spacial score (nSPS) is 11.9. The smallest absolute Gasteiger partial charge is 0.153 e.